The van der Waals surface area contributed by atoms with E-state index in [0.717, 1.165) is 13.1 Å². The Morgan fingerprint density at radius 2 is 1.95 bits per heavy atom. The zero-order valence-electron chi connectivity index (χ0n) is 13.5. The average Bonchev–Trinajstić information content (AvgIpc) is 2.39. The summed E-state index contributed by atoms with van der Waals surface area (Å²) in [7, 11) is 3.67. The second-order valence-corrected chi connectivity index (χ2v) is 6.93. The van der Waals surface area contributed by atoms with E-state index in [2.05, 4.69) is 17.1 Å². The van der Waals surface area contributed by atoms with Gasteiger partial charge in [0.2, 0.25) is 5.91 Å². The number of likely N-dealkylation sites (tertiary alicyclic amines) is 1. The fourth-order valence-corrected chi connectivity index (χ4v) is 3.32. The second kappa shape index (κ2) is 6.90. The zero-order valence-corrected chi connectivity index (χ0v) is 13.5. The lowest BCUT2D eigenvalue weighted by molar-refractivity contribution is -0.130. The number of nitrogens with one attached hydrogen (secondary N) is 1. The third kappa shape index (κ3) is 3.95. The molecule has 2 rings (SSSR count). The lowest BCUT2D eigenvalue weighted by Crippen LogP contribution is -2.49. The average molecular weight is 281 g/mol. The van der Waals surface area contributed by atoms with E-state index in [1.165, 1.54) is 45.1 Å². The molecule has 0 aromatic rings. The summed E-state index contributed by atoms with van der Waals surface area (Å²) in [5.41, 5.74) is 0.609. The number of carbonyl (C=O) groups is 1. The minimum absolute atomic E-state index is 0.218. The van der Waals surface area contributed by atoms with Crippen LogP contribution in [0.2, 0.25) is 0 Å². The number of hydrogen-bond acceptors (Lipinski definition) is 3. The number of carbonyl (C=O) groups excluding carboxylic acids is 1. The Balaban J connectivity index is 1.65. The minimum Gasteiger partial charge on any atom is -0.348 e. The van der Waals surface area contributed by atoms with Crippen LogP contribution in [0.1, 0.15) is 45.4 Å². The van der Waals surface area contributed by atoms with Crippen molar-refractivity contribution in [2.45, 2.75) is 51.5 Å². The van der Waals surface area contributed by atoms with Gasteiger partial charge in [-0.15, -0.1) is 0 Å². The summed E-state index contributed by atoms with van der Waals surface area (Å²) in [6, 6.07) is 0.657. The number of amides is 1. The zero-order chi connectivity index (χ0) is 14.6. The summed E-state index contributed by atoms with van der Waals surface area (Å²) in [6.45, 7) is 6.21. The van der Waals surface area contributed by atoms with Crippen LogP contribution in [0.5, 0.6) is 0 Å². The van der Waals surface area contributed by atoms with Gasteiger partial charge >= 0.3 is 0 Å². The van der Waals surface area contributed by atoms with Crippen LogP contribution in [0.25, 0.3) is 0 Å². The molecule has 20 heavy (non-hydrogen) atoms. The van der Waals surface area contributed by atoms with Gasteiger partial charge in [0.05, 0.1) is 6.54 Å². The van der Waals surface area contributed by atoms with Crippen LogP contribution < -0.4 is 5.32 Å². The van der Waals surface area contributed by atoms with Gasteiger partial charge in [0.15, 0.2) is 0 Å². The van der Waals surface area contributed by atoms with E-state index in [1.54, 1.807) is 4.90 Å². The number of hydrogen-bond donors (Lipinski definition) is 1. The maximum Gasteiger partial charge on any atom is 0.236 e. The molecular formula is C16H31N3O. The van der Waals surface area contributed by atoms with Gasteiger partial charge in [-0.3, -0.25) is 9.69 Å². The van der Waals surface area contributed by atoms with E-state index >= 15 is 0 Å². The van der Waals surface area contributed by atoms with Crippen LogP contribution in [-0.2, 0) is 4.79 Å². The third-order valence-electron chi connectivity index (χ3n) is 5.38. The first kappa shape index (κ1) is 15.8. The van der Waals surface area contributed by atoms with Crippen molar-refractivity contribution in [3.05, 3.63) is 0 Å². The van der Waals surface area contributed by atoms with Gasteiger partial charge in [-0.1, -0.05) is 13.3 Å². The molecule has 0 radical (unpaired) electrons. The minimum atomic E-state index is 0.218. The fraction of sp³-hybridized carbons (Fsp3) is 0.938. The summed E-state index contributed by atoms with van der Waals surface area (Å²) in [5, 5.41) is 3.79. The Kier molecular flexibility index (Phi) is 5.44. The van der Waals surface area contributed by atoms with Crippen molar-refractivity contribution < 1.29 is 4.79 Å². The Bertz CT molecular complexity index is 312. The summed E-state index contributed by atoms with van der Waals surface area (Å²) in [6.07, 6.45) is 7.91. The highest BCUT2D eigenvalue weighted by atomic mass is 16.2. The highest BCUT2D eigenvalue weighted by Crippen LogP contribution is 2.43. The maximum atomic E-state index is 11.7. The summed E-state index contributed by atoms with van der Waals surface area (Å²) < 4.78 is 0. The van der Waals surface area contributed by atoms with Crippen molar-refractivity contribution in [3.8, 4) is 0 Å². The van der Waals surface area contributed by atoms with Crippen molar-refractivity contribution in [1.82, 2.24) is 15.1 Å². The SMILES string of the molecule is CCC1(CNC2CCN(CC(=O)N(C)C)CC2)CCC1. The topological polar surface area (TPSA) is 35.6 Å². The van der Waals surface area contributed by atoms with Crippen molar-refractivity contribution in [2.75, 3.05) is 40.3 Å². The Morgan fingerprint density at radius 1 is 1.30 bits per heavy atom. The summed E-state index contributed by atoms with van der Waals surface area (Å²) in [4.78, 5) is 15.7. The van der Waals surface area contributed by atoms with Crippen LogP contribution in [0.3, 0.4) is 0 Å². The molecule has 1 heterocycles. The van der Waals surface area contributed by atoms with E-state index in [4.69, 9.17) is 0 Å². The highest BCUT2D eigenvalue weighted by molar-refractivity contribution is 5.77. The number of nitrogens with zero attached hydrogens (tertiary/aromatic N) is 2. The Morgan fingerprint density at radius 3 is 2.40 bits per heavy atom. The van der Waals surface area contributed by atoms with Crippen LogP contribution >= 0.6 is 0 Å². The summed E-state index contributed by atoms with van der Waals surface area (Å²) >= 11 is 0. The molecule has 1 aliphatic carbocycles. The lowest BCUT2D eigenvalue weighted by Gasteiger charge is -2.43. The van der Waals surface area contributed by atoms with Crippen molar-refractivity contribution in [1.29, 1.82) is 0 Å². The van der Waals surface area contributed by atoms with E-state index in [1.807, 2.05) is 14.1 Å². The van der Waals surface area contributed by atoms with Crippen LogP contribution in [0.4, 0.5) is 0 Å². The molecule has 1 saturated heterocycles. The van der Waals surface area contributed by atoms with Gasteiger partial charge in [-0.05, 0) is 37.5 Å². The van der Waals surface area contributed by atoms with Crippen molar-refractivity contribution >= 4 is 5.91 Å². The quantitative estimate of drug-likeness (QED) is 0.805. The molecule has 0 aromatic carbocycles. The predicted octanol–water partition coefficient (Wildman–Crippen LogP) is 1.71. The number of rotatable bonds is 6. The molecule has 0 aromatic heterocycles. The second-order valence-electron chi connectivity index (χ2n) is 6.93. The smallest absolute Gasteiger partial charge is 0.236 e. The van der Waals surface area contributed by atoms with Gasteiger partial charge in [0.1, 0.15) is 0 Å². The molecule has 1 N–H and O–H groups in total. The standard InChI is InChI=1S/C16H31N3O/c1-4-16(8-5-9-16)13-17-14-6-10-19(11-7-14)12-15(20)18(2)3/h14,17H,4-13H2,1-3H3. The monoisotopic (exact) mass is 281 g/mol. The van der Waals surface area contributed by atoms with Gasteiger partial charge in [-0.2, -0.15) is 0 Å². The van der Waals surface area contributed by atoms with Crippen molar-refractivity contribution in [3.63, 3.8) is 0 Å². The van der Waals surface area contributed by atoms with Gasteiger partial charge in [-0.25, -0.2) is 0 Å². The van der Waals surface area contributed by atoms with E-state index < -0.39 is 0 Å². The molecule has 0 unspecified atom stereocenters. The molecular weight excluding hydrogens is 250 g/mol. The van der Waals surface area contributed by atoms with E-state index in [-0.39, 0.29) is 5.91 Å². The number of likely N-dealkylation sites (N-methyl/N-ethyl adjacent to an activating group) is 1. The molecule has 0 atom stereocenters. The molecule has 4 heteroatoms. The molecule has 1 amide bonds. The number of piperidine rings is 1. The molecule has 2 aliphatic rings. The highest BCUT2D eigenvalue weighted by Gasteiger charge is 2.35. The molecule has 116 valence electrons. The molecule has 1 saturated carbocycles. The molecule has 0 spiro atoms. The van der Waals surface area contributed by atoms with Crippen LogP contribution in [-0.4, -0.2) is 62.0 Å². The Hall–Kier alpha value is -0.610. The first-order valence-electron chi connectivity index (χ1n) is 8.20. The van der Waals surface area contributed by atoms with E-state index in [9.17, 15) is 4.79 Å². The van der Waals surface area contributed by atoms with Crippen LogP contribution in [0, 0.1) is 5.41 Å². The fourth-order valence-electron chi connectivity index (χ4n) is 3.32. The third-order valence-corrected chi connectivity index (χ3v) is 5.38. The van der Waals surface area contributed by atoms with Crippen molar-refractivity contribution in [2.24, 2.45) is 5.41 Å². The molecule has 2 fully saturated rings. The van der Waals surface area contributed by atoms with Crippen LogP contribution in [0.15, 0.2) is 0 Å². The summed E-state index contributed by atoms with van der Waals surface area (Å²) in [5.74, 6) is 0.218. The Labute approximate surface area is 123 Å². The van der Waals surface area contributed by atoms with E-state index in [0.29, 0.717) is 18.0 Å². The normalized spacial score (nSPS) is 23.4. The maximum absolute atomic E-state index is 11.7. The van der Waals surface area contributed by atoms with Gasteiger partial charge < -0.3 is 10.2 Å². The molecule has 1 aliphatic heterocycles. The predicted molar refractivity (Wildman–Crippen MR) is 82.7 cm³/mol. The molecule has 0 bridgehead atoms. The van der Waals surface area contributed by atoms with Gasteiger partial charge in [0, 0.05) is 39.8 Å². The first-order chi connectivity index (χ1) is 9.54. The first-order valence-corrected chi connectivity index (χ1v) is 8.20. The largest absolute Gasteiger partial charge is 0.348 e. The van der Waals surface area contributed by atoms with Gasteiger partial charge in [0.25, 0.3) is 0 Å². The lowest BCUT2D eigenvalue weighted by atomic mass is 9.67. The molecule has 4 nitrogen and oxygen atoms in total.